The number of hydrogen-bond acceptors (Lipinski definition) is 5. The molecule has 2 N–H and O–H groups in total. The summed E-state index contributed by atoms with van der Waals surface area (Å²) in [6.07, 6.45) is 7.42. The van der Waals surface area contributed by atoms with Gasteiger partial charge in [0.2, 0.25) is 0 Å². The van der Waals surface area contributed by atoms with E-state index in [4.69, 9.17) is 9.16 Å². The number of unbranched alkanes of at least 4 members (excludes halogenated alkanes) is 1. The molecule has 5 nitrogen and oxygen atoms in total. The Balaban J connectivity index is 5.63. The van der Waals surface area contributed by atoms with Crippen LogP contribution in [0.3, 0.4) is 0 Å². The van der Waals surface area contributed by atoms with Gasteiger partial charge in [-0.05, 0) is 57.2 Å². The van der Waals surface area contributed by atoms with Crippen molar-refractivity contribution < 1.29 is 24.2 Å². The maximum Gasteiger partial charge on any atom is 0.302 e. The lowest BCUT2D eigenvalue weighted by molar-refractivity contribution is -0.146. The van der Waals surface area contributed by atoms with E-state index in [1.54, 1.807) is 0 Å². The lowest BCUT2D eigenvalue weighted by Gasteiger charge is -2.41. The third-order valence-corrected chi connectivity index (χ3v) is 11.2. The first-order valence-corrected chi connectivity index (χ1v) is 15.5. The number of carbonyl (C=O) groups excluding carboxylic acids is 1. The molecule has 0 aromatic carbocycles. The summed E-state index contributed by atoms with van der Waals surface area (Å²) in [5.74, 6) is -0.439. The van der Waals surface area contributed by atoms with E-state index in [0.29, 0.717) is 19.3 Å². The summed E-state index contributed by atoms with van der Waals surface area (Å²) in [4.78, 5) is 11.5. The molecule has 0 saturated carbocycles. The quantitative estimate of drug-likeness (QED) is 0.112. The first-order chi connectivity index (χ1) is 15.1. The number of carbonyl (C=O) groups is 1. The SMILES string of the molecule is C=CCCC[C@@H](O)C[C@H](O)[C@H](C)[C@@H](/C=C(\C)C[C@@H](CCC)OC(C)=O)O[Si](C)(C)C(C)(C)C. The van der Waals surface area contributed by atoms with E-state index in [1.807, 2.05) is 19.9 Å². The lowest BCUT2D eigenvalue weighted by Crippen LogP contribution is -2.47. The summed E-state index contributed by atoms with van der Waals surface area (Å²) >= 11 is 0. The third-order valence-electron chi connectivity index (χ3n) is 6.76. The topological polar surface area (TPSA) is 76.0 Å². The first kappa shape index (κ1) is 32.0. The monoisotopic (exact) mass is 484 g/mol. The molecule has 5 atom stereocenters. The van der Waals surface area contributed by atoms with Crippen LogP contribution in [0.5, 0.6) is 0 Å². The van der Waals surface area contributed by atoms with Gasteiger partial charge in [0.1, 0.15) is 6.10 Å². The highest BCUT2D eigenvalue weighted by Gasteiger charge is 2.40. The van der Waals surface area contributed by atoms with Gasteiger partial charge in [-0.3, -0.25) is 4.79 Å². The standard InChI is InChI=1S/C27H52O5Si/c1-11-13-14-16-23(29)19-25(30)21(4)26(32-33(9,10)27(6,7)8)18-20(3)17-24(15-12-2)31-22(5)28/h11,18,21,23-26,29-30H,1,12-17,19H2,2-10H3/b20-18+/t21-,23+,24+,25-,26+/m0/s1. The molecule has 0 aromatic rings. The zero-order valence-corrected chi connectivity index (χ0v) is 23.8. The van der Waals surface area contributed by atoms with Gasteiger partial charge >= 0.3 is 5.97 Å². The fraction of sp³-hybridized carbons (Fsp3) is 0.815. The van der Waals surface area contributed by atoms with Gasteiger partial charge in [-0.2, -0.15) is 0 Å². The van der Waals surface area contributed by atoms with Crippen LogP contribution in [-0.2, 0) is 14.0 Å². The van der Waals surface area contributed by atoms with Crippen LogP contribution >= 0.6 is 0 Å². The number of allylic oxidation sites excluding steroid dienone is 1. The van der Waals surface area contributed by atoms with Gasteiger partial charge in [-0.15, -0.1) is 6.58 Å². The minimum atomic E-state index is -2.11. The first-order valence-electron chi connectivity index (χ1n) is 12.6. The largest absolute Gasteiger partial charge is 0.462 e. The predicted octanol–water partition coefficient (Wildman–Crippen LogP) is 6.55. The average molecular weight is 485 g/mol. The van der Waals surface area contributed by atoms with Crippen molar-refractivity contribution in [2.75, 3.05) is 0 Å². The number of hydrogen-bond donors (Lipinski definition) is 2. The van der Waals surface area contributed by atoms with Crippen LogP contribution in [0.15, 0.2) is 24.3 Å². The van der Waals surface area contributed by atoms with Crippen molar-refractivity contribution in [3.8, 4) is 0 Å². The molecular weight excluding hydrogens is 432 g/mol. The van der Waals surface area contributed by atoms with E-state index < -0.39 is 20.5 Å². The van der Waals surface area contributed by atoms with E-state index in [9.17, 15) is 15.0 Å². The second-order valence-corrected chi connectivity index (χ2v) is 15.9. The van der Waals surface area contributed by atoms with Crippen LogP contribution in [0.25, 0.3) is 0 Å². The normalized spacial score (nSPS) is 17.7. The van der Waals surface area contributed by atoms with Crippen molar-refractivity contribution in [1.29, 1.82) is 0 Å². The van der Waals surface area contributed by atoms with Crippen molar-refractivity contribution in [3.05, 3.63) is 24.3 Å². The molecule has 0 fully saturated rings. The van der Waals surface area contributed by atoms with Gasteiger partial charge in [0.15, 0.2) is 8.32 Å². The average Bonchev–Trinajstić information content (AvgIpc) is 2.65. The minimum Gasteiger partial charge on any atom is -0.462 e. The second-order valence-electron chi connectivity index (χ2n) is 11.1. The lowest BCUT2D eigenvalue weighted by atomic mass is 9.91. The summed E-state index contributed by atoms with van der Waals surface area (Å²) < 4.78 is 12.3. The summed E-state index contributed by atoms with van der Waals surface area (Å²) in [6, 6.07) is 0. The van der Waals surface area contributed by atoms with Crippen LogP contribution < -0.4 is 0 Å². The Kier molecular flexibility index (Phi) is 14.7. The van der Waals surface area contributed by atoms with Crippen molar-refractivity contribution in [2.24, 2.45) is 5.92 Å². The highest BCUT2D eigenvalue weighted by atomic mass is 28.4. The summed E-state index contributed by atoms with van der Waals surface area (Å²) in [7, 11) is -2.11. The van der Waals surface area contributed by atoms with Crippen LogP contribution in [-0.4, -0.2) is 48.9 Å². The molecule has 0 unspecified atom stereocenters. The van der Waals surface area contributed by atoms with Gasteiger partial charge in [-0.25, -0.2) is 0 Å². The molecule has 6 heteroatoms. The van der Waals surface area contributed by atoms with E-state index in [0.717, 1.165) is 31.3 Å². The van der Waals surface area contributed by atoms with Crippen molar-refractivity contribution in [2.45, 2.75) is 136 Å². The third kappa shape index (κ3) is 12.9. The summed E-state index contributed by atoms with van der Waals surface area (Å²) in [5, 5.41) is 21.4. The molecule has 0 amide bonds. The molecule has 0 saturated heterocycles. The van der Waals surface area contributed by atoms with E-state index in [1.165, 1.54) is 6.92 Å². The molecule has 33 heavy (non-hydrogen) atoms. The Morgan fingerprint density at radius 2 is 1.76 bits per heavy atom. The Labute approximate surface area is 204 Å². The number of esters is 1. The highest BCUT2D eigenvalue weighted by Crippen LogP contribution is 2.39. The maximum absolute atomic E-state index is 11.5. The fourth-order valence-corrected chi connectivity index (χ4v) is 4.92. The molecule has 0 bridgehead atoms. The number of ether oxygens (including phenoxy) is 1. The molecule has 0 spiro atoms. The molecule has 0 radical (unpaired) electrons. The number of rotatable bonds is 16. The molecular formula is C27H52O5Si. The molecule has 0 aliphatic rings. The van der Waals surface area contributed by atoms with Crippen molar-refractivity contribution >= 4 is 14.3 Å². The fourth-order valence-electron chi connectivity index (χ4n) is 3.61. The van der Waals surface area contributed by atoms with Gasteiger partial charge in [0.25, 0.3) is 0 Å². The zero-order chi connectivity index (χ0) is 25.8. The maximum atomic E-state index is 11.5. The number of aliphatic hydroxyl groups excluding tert-OH is 2. The zero-order valence-electron chi connectivity index (χ0n) is 22.8. The van der Waals surface area contributed by atoms with E-state index in [2.05, 4.69) is 53.4 Å². The predicted molar refractivity (Wildman–Crippen MR) is 141 cm³/mol. The van der Waals surface area contributed by atoms with Crippen LogP contribution in [0, 0.1) is 5.92 Å². The van der Waals surface area contributed by atoms with Gasteiger partial charge in [-0.1, -0.05) is 58.8 Å². The van der Waals surface area contributed by atoms with Gasteiger partial charge in [0.05, 0.1) is 18.3 Å². The van der Waals surface area contributed by atoms with Gasteiger partial charge in [0, 0.05) is 19.3 Å². The summed E-state index contributed by atoms with van der Waals surface area (Å²) in [6.45, 7) is 22.3. The summed E-state index contributed by atoms with van der Waals surface area (Å²) in [5.41, 5.74) is 1.09. The smallest absolute Gasteiger partial charge is 0.302 e. The number of aliphatic hydroxyl groups is 2. The Bertz CT molecular complexity index is 608. The molecule has 0 aliphatic heterocycles. The van der Waals surface area contributed by atoms with Crippen molar-refractivity contribution in [1.82, 2.24) is 0 Å². The van der Waals surface area contributed by atoms with Crippen LogP contribution in [0.1, 0.15) is 93.4 Å². The minimum absolute atomic E-state index is 0.0321. The van der Waals surface area contributed by atoms with Crippen molar-refractivity contribution in [3.63, 3.8) is 0 Å². The molecule has 0 aliphatic carbocycles. The van der Waals surface area contributed by atoms with Crippen LogP contribution in [0.4, 0.5) is 0 Å². The van der Waals surface area contributed by atoms with Crippen LogP contribution in [0.2, 0.25) is 18.1 Å². The Morgan fingerprint density at radius 3 is 2.24 bits per heavy atom. The molecule has 0 aromatic heterocycles. The van der Waals surface area contributed by atoms with Gasteiger partial charge < -0.3 is 19.4 Å². The molecule has 0 rings (SSSR count). The molecule has 194 valence electrons. The molecule has 0 heterocycles. The highest BCUT2D eigenvalue weighted by molar-refractivity contribution is 6.74. The Morgan fingerprint density at radius 1 is 1.15 bits per heavy atom. The van der Waals surface area contributed by atoms with E-state index >= 15 is 0 Å². The Hall–Kier alpha value is -0.953. The van der Waals surface area contributed by atoms with E-state index in [-0.39, 0.29) is 29.1 Å². The second kappa shape index (κ2) is 15.1.